The molecule has 1 aromatic rings. The van der Waals surface area contributed by atoms with Crippen molar-refractivity contribution >= 4 is 0 Å². The maximum atomic E-state index is 4.10. The number of pyridine rings is 1. The van der Waals surface area contributed by atoms with Gasteiger partial charge in [-0.1, -0.05) is 6.07 Å². The van der Waals surface area contributed by atoms with Gasteiger partial charge >= 0.3 is 0 Å². The molecular formula is C12H19N3. The van der Waals surface area contributed by atoms with Crippen LogP contribution in [0.2, 0.25) is 0 Å². The summed E-state index contributed by atoms with van der Waals surface area (Å²) in [5.74, 6) is 0.801. The first-order valence-electron chi connectivity index (χ1n) is 5.75. The quantitative estimate of drug-likeness (QED) is 0.775. The molecule has 0 spiro atoms. The van der Waals surface area contributed by atoms with E-state index in [-0.39, 0.29) is 0 Å². The van der Waals surface area contributed by atoms with Crippen LogP contribution in [0.15, 0.2) is 24.5 Å². The van der Waals surface area contributed by atoms with Gasteiger partial charge in [0.15, 0.2) is 0 Å². The first-order chi connectivity index (χ1) is 7.45. The molecule has 0 aromatic carbocycles. The lowest BCUT2D eigenvalue weighted by Gasteiger charge is -2.22. The highest BCUT2D eigenvalue weighted by Crippen LogP contribution is 2.08. The summed E-state index contributed by atoms with van der Waals surface area (Å²) in [6.07, 6.45) is 6.41. The van der Waals surface area contributed by atoms with Crippen LogP contribution in [0.25, 0.3) is 0 Å². The summed E-state index contributed by atoms with van der Waals surface area (Å²) in [6.45, 7) is 4.41. The molecule has 3 heteroatoms. The highest BCUT2D eigenvalue weighted by Gasteiger charge is 2.11. The van der Waals surface area contributed by atoms with E-state index in [9.17, 15) is 0 Å². The Labute approximate surface area is 91.3 Å². The van der Waals surface area contributed by atoms with E-state index in [2.05, 4.69) is 21.7 Å². The Bertz CT molecular complexity index is 267. The molecule has 1 aromatic heterocycles. The van der Waals surface area contributed by atoms with Crippen LogP contribution in [0.1, 0.15) is 18.4 Å². The van der Waals surface area contributed by atoms with Crippen molar-refractivity contribution in [3.63, 3.8) is 0 Å². The Hall–Kier alpha value is -0.930. The zero-order valence-electron chi connectivity index (χ0n) is 9.08. The van der Waals surface area contributed by atoms with Crippen molar-refractivity contribution in [2.24, 2.45) is 5.92 Å². The standard InChI is InChI=1S/C12H19N3/c1-3-11(7-13-5-1)9-15-10-12-4-2-6-14-8-12/h1,3,5,7,12,14-15H,2,4,6,8-10H2/t12-/m0/s1. The lowest BCUT2D eigenvalue weighted by Crippen LogP contribution is -2.35. The molecule has 82 valence electrons. The van der Waals surface area contributed by atoms with Crippen molar-refractivity contribution in [2.45, 2.75) is 19.4 Å². The van der Waals surface area contributed by atoms with Crippen LogP contribution < -0.4 is 10.6 Å². The van der Waals surface area contributed by atoms with Crippen molar-refractivity contribution in [3.8, 4) is 0 Å². The van der Waals surface area contributed by atoms with E-state index in [1.165, 1.54) is 31.5 Å². The van der Waals surface area contributed by atoms with E-state index >= 15 is 0 Å². The number of piperidine rings is 1. The van der Waals surface area contributed by atoms with Gasteiger partial charge in [0.25, 0.3) is 0 Å². The van der Waals surface area contributed by atoms with Crippen LogP contribution >= 0.6 is 0 Å². The van der Waals surface area contributed by atoms with Crippen LogP contribution in [0.3, 0.4) is 0 Å². The maximum Gasteiger partial charge on any atom is 0.0312 e. The third-order valence-electron chi connectivity index (χ3n) is 2.88. The Morgan fingerprint density at radius 1 is 1.53 bits per heavy atom. The average Bonchev–Trinajstić information content (AvgIpc) is 2.32. The van der Waals surface area contributed by atoms with Gasteiger partial charge in [0.2, 0.25) is 0 Å². The number of nitrogens with zero attached hydrogens (tertiary/aromatic N) is 1. The molecule has 1 atom stereocenters. The first-order valence-corrected chi connectivity index (χ1v) is 5.75. The fourth-order valence-electron chi connectivity index (χ4n) is 2.02. The van der Waals surface area contributed by atoms with Gasteiger partial charge in [-0.2, -0.15) is 0 Å². The number of rotatable bonds is 4. The molecule has 0 saturated carbocycles. The average molecular weight is 205 g/mol. The topological polar surface area (TPSA) is 37.0 Å². The zero-order valence-corrected chi connectivity index (χ0v) is 9.08. The van der Waals surface area contributed by atoms with E-state index < -0.39 is 0 Å². The molecule has 3 nitrogen and oxygen atoms in total. The van der Waals surface area contributed by atoms with Gasteiger partial charge in [0.05, 0.1) is 0 Å². The molecule has 15 heavy (non-hydrogen) atoms. The molecule has 0 bridgehead atoms. The molecule has 1 aliphatic heterocycles. The zero-order chi connectivity index (χ0) is 10.3. The minimum Gasteiger partial charge on any atom is -0.316 e. The van der Waals surface area contributed by atoms with Gasteiger partial charge in [0, 0.05) is 18.9 Å². The van der Waals surface area contributed by atoms with Gasteiger partial charge in [-0.25, -0.2) is 0 Å². The summed E-state index contributed by atoms with van der Waals surface area (Å²) in [5.41, 5.74) is 1.27. The van der Waals surface area contributed by atoms with Crippen LogP contribution in [0.4, 0.5) is 0 Å². The number of nitrogens with one attached hydrogen (secondary N) is 2. The first kappa shape index (κ1) is 10.6. The monoisotopic (exact) mass is 205 g/mol. The normalized spacial score (nSPS) is 21.5. The molecule has 1 fully saturated rings. The van der Waals surface area contributed by atoms with Gasteiger partial charge in [0.1, 0.15) is 0 Å². The highest BCUT2D eigenvalue weighted by molar-refractivity contribution is 5.07. The summed E-state index contributed by atoms with van der Waals surface area (Å²) < 4.78 is 0. The predicted molar refractivity (Wildman–Crippen MR) is 61.5 cm³/mol. The molecule has 2 heterocycles. The molecule has 2 rings (SSSR count). The van der Waals surface area contributed by atoms with Gasteiger partial charge < -0.3 is 10.6 Å². The molecule has 1 aliphatic rings. The van der Waals surface area contributed by atoms with Crippen LogP contribution in [-0.2, 0) is 6.54 Å². The van der Waals surface area contributed by atoms with Crippen molar-refractivity contribution in [1.82, 2.24) is 15.6 Å². The minimum absolute atomic E-state index is 0.801. The second-order valence-corrected chi connectivity index (χ2v) is 4.20. The van der Waals surface area contributed by atoms with Crippen molar-refractivity contribution in [2.75, 3.05) is 19.6 Å². The third kappa shape index (κ3) is 3.61. The number of hydrogen-bond donors (Lipinski definition) is 2. The Balaban J connectivity index is 1.66. The lowest BCUT2D eigenvalue weighted by atomic mass is 10.00. The summed E-state index contributed by atoms with van der Waals surface area (Å²) in [5, 5.41) is 6.92. The fraction of sp³-hybridized carbons (Fsp3) is 0.583. The fourth-order valence-corrected chi connectivity index (χ4v) is 2.02. The number of hydrogen-bond acceptors (Lipinski definition) is 3. The summed E-state index contributed by atoms with van der Waals surface area (Å²) in [7, 11) is 0. The molecule has 1 saturated heterocycles. The molecule has 2 N–H and O–H groups in total. The van der Waals surface area contributed by atoms with Crippen molar-refractivity contribution < 1.29 is 0 Å². The summed E-state index contributed by atoms with van der Waals surface area (Å²) in [4.78, 5) is 4.10. The highest BCUT2D eigenvalue weighted by atomic mass is 14.9. The second-order valence-electron chi connectivity index (χ2n) is 4.20. The SMILES string of the molecule is c1cncc(CNC[C@H]2CCCNC2)c1. The molecule has 0 radical (unpaired) electrons. The van der Waals surface area contributed by atoms with Crippen LogP contribution in [-0.4, -0.2) is 24.6 Å². The van der Waals surface area contributed by atoms with Crippen molar-refractivity contribution in [3.05, 3.63) is 30.1 Å². The molecule has 0 aliphatic carbocycles. The summed E-state index contributed by atoms with van der Waals surface area (Å²) in [6, 6.07) is 4.10. The molecular weight excluding hydrogens is 186 g/mol. The molecule has 0 amide bonds. The largest absolute Gasteiger partial charge is 0.316 e. The Morgan fingerprint density at radius 3 is 3.27 bits per heavy atom. The van der Waals surface area contributed by atoms with E-state index in [0.29, 0.717) is 0 Å². The van der Waals surface area contributed by atoms with E-state index in [4.69, 9.17) is 0 Å². The minimum atomic E-state index is 0.801. The van der Waals surface area contributed by atoms with Gasteiger partial charge in [-0.15, -0.1) is 0 Å². The Morgan fingerprint density at radius 2 is 2.53 bits per heavy atom. The van der Waals surface area contributed by atoms with E-state index in [1.54, 1.807) is 0 Å². The van der Waals surface area contributed by atoms with Gasteiger partial charge in [-0.05, 0) is 50.0 Å². The Kier molecular flexibility index (Phi) is 4.11. The van der Waals surface area contributed by atoms with Crippen molar-refractivity contribution in [1.29, 1.82) is 0 Å². The maximum absolute atomic E-state index is 4.10. The van der Waals surface area contributed by atoms with E-state index in [1.807, 2.05) is 18.5 Å². The van der Waals surface area contributed by atoms with Crippen LogP contribution in [0.5, 0.6) is 0 Å². The lowest BCUT2D eigenvalue weighted by molar-refractivity contribution is 0.360. The number of aromatic nitrogens is 1. The molecule has 0 unspecified atom stereocenters. The van der Waals surface area contributed by atoms with Gasteiger partial charge in [-0.3, -0.25) is 4.98 Å². The van der Waals surface area contributed by atoms with E-state index in [0.717, 1.165) is 19.0 Å². The van der Waals surface area contributed by atoms with Crippen LogP contribution in [0, 0.1) is 5.92 Å². The second kappa shape index (κ2) is 5.83. The summed E-state index contributed by atoms with van der Waals surface area (Å²) >= 11 is 0. The predicted octanol–water partition coefficient (Wildman–Crippen LogP) is 1.17. The smallest absolute Gasteiger partial charge is 0.0312 e. The third-order valence-corrected chi connectivity index (χ3v) is 2.88.